The van der Waals surface area contributed by atoms with Gasteiger partial charge in [0.2, 0.25) is 0 Å². The molecule has 3 nitrogen and oxygen atoms in total. The van der Waals surface area contributed by atoms with Gasteiger partial charge in [-0.3, -0.25) is 0 Å². The van der Waals surface area contributed by atoms with Crippen molar-refractivity contribution in [2.24, 2.45) is 5.92 Å². The van der Waals surface area contributed by atoms with Crippen LogP contribution < -0.4 is 5.32 Å². The Morgan fingerprint density at radius 1 is 1.18 bits per heavy atom. The second kappa shape index (κ2) is 4.62. The lowest BCUT2D eigenvalue weighted by atomic mass is 10.1. The minimum atomic E-state index is 0.269. The van der Waals surface area contributed by atoms with Gasteiger partial charge in [0.05, 0.1) is 0 Å². The number of hydrogen-bond donors (Lipinski definition) is 2. The van der Waals surface area contributed by atoms with Crippen molar-refractivity contribution in [2.75, 3.05) is 5.32 Å². The molecule has 0 saturated heterocycles. The molecule has 1 aromatic carbocycles. The van der Waals surface area contributed by atoms with Crippen LogP contribution in [0.1, 0.15) is 20.8 Å². The maximum Gasteiger partial charge on any atom is 0.134 e. The summed E-state index contributed by atoms with van der Waals surface area (Å²) in [6, 6.07) is 7.63. The Kier molecular flexibility index (Phi) is 3.18. The lowest BCUT2D eigenvalue weighted by Crippen LogP contribution is -2.22. The van der Waals surface area contributed by atoms with Crippen LogP contribution in [0, 0.1) is 5.92 Å². The van der Waals surface area contributed by atoms with Crippen molar-refractivity contribution < 1.29 is 5.11 Å². The Morgan fingerprint density at radius 3 is 2.65 bits per heavy atom. The third kappa shape index (κ3) is 2.49. The van der Waals surface area contributed by atoms with Crippen molar-refractivity contribution in [2.45, 2.75) is 26.8 Å². The maximum absolute atomic E-state index is 9.54. The number of nitrogens with one attached hydrogen (secondary N) is 1. The Hall–Kier alpha value is -1.77. The summed E-state index contributed by atoms with van der Waals surface area (Å²) in [5, 5.41) is 15.0. The molecule has 0 aliphatic rings. The minimum absolute atomic E-state index is 0.269. The molecule has 2 aromatic rings. The number of benzene rings is 1. The maximum atomic E-state index is 9.54. The summed E-state index contributed by atoms with van der Waals surface area (Å²) in [6.45, 7) is 6.47. The van der Waals surface area contributed by atoms with Crippen LogP contribution in [-0.4, -0.2) is 16.1 Å². The monoisotopic (exact) mass is 230 g/mol. The van der Waals surface area contributed by atoms with Crippen LogP contribution in [0.25, 0.3) is 10.8 Å². The van der Waals surface area contributed by atoms with Crippen LogP contribution in [-0.2, 0) is 0 Å². The Bertz CT molecular complexity index is 523. The van der Waals surface area contributed by atoms with Gasteiger partial charge in [0.1, 0.15) is 11.6 Å². The summed E-state index contributed by atoms with van der Waals surface area (Å²) < 4.78 is 0. The summed E-state index contributed by atoms with van der Waals surface area (Å²) in [7, 11) is 0. The topological polar surface area (TPSA) is 45.2 Å². The molecule has 1 unspecified atom stereocenters. The lowest BCUT2D eigenvalue weighted by molar-refractivity contribution is 0.476. The Balaban J connectivity index is 2.43. The summed E-state index contributed by atoms with van der Waals surface area (Å²) >= 11 is 0. The van der Waals surface area contributed by atoms with Crippen LogP contribution >= 0.6 is 0 Å². The SMILES string of the molecule is CC(C)C(C)Nc1nccc2ccc(O)cc12. The summed E-state index contributed by atoms with van der Waals surface area (Å²) in [5.41, 5.74) is 0. The van der Waals surface area contributed by atoms with Crippen molar-refractivity contribution in [3.63, 3.8) is 0 Å². The zero-order valence-corrected chi connectivity index (χ0v) is 10.4. The van der Waals surface area contributed by atoms with E-state index in [2.05, 4.69) is 31.1 Å². The Labute approximate surface area is 102 Å². The van der Waals surface area contributed by atoms with E-state index in [-0.39, 0.29) is 5.75 Å². The molecule has 0 aliphatic heterocycles. The van der Waals surface area contributed by atoms with E-state index in [1.807, 2.05) is 12.1 Å². The molecule has 17 heavy (non-hydrogen) atoms. The smallest absolute Gasteiger partial charge is 0.134 e. The van der Waals surface area contributed by atoms with Gasteiger partial charge in [-0.1, -0.05) is 19.9 Å². The first-order valence-corrected chi connectivity index (χ1v) is 5.92. The second-order valence-corrected chi connectivity index (χ2v) is 4.74. The van der Waals surface area contributed by atoms with Gasteiger partial charge < -0.3 is 10.4 Å². The number of pyridine rings is 1. The first-order chi connectivity index (χ1) is 8.08. The highest BCUT2D eigenvalue weighted by molar-refractivity contribution is 5.92. The average Bonchev–Trinajstić information content (AvgIpc) is 2.29. The van der Waals surface area contributed by atoms with E-state index in [9.17, 15) is 5.11 Å². The van der Waals surface area contributed by atoms with Crippen LogP contribution in [0.4, 0.5) is 5.82 Å². The molecule has 2 rings (SSSR count). The molecule has 0 fully saturated rings. The Morgan fingerprint density at radius 2 is 1.94 bits per heavy atom. The van der Waals surface area contributed by atoms with Crippen LogP contribution in [0.15, 0.2) is 30.5 Å². The van der Waals surface area contributed by atoms with E-state index < -0.39 is 0 Å². The molecule has 1 heterocycles. The van der Waals surface area contributed by atoms with E-state index in [0.29, 0.717) is 12.0 Å². The fourth-order valence-corrected chi connectivity index (χ4v) is 1.65. The van der Waals surface area contributed by atoms with Gasteiger partial charge >= 0.3 is 0 Å². The zero-order valence-electron chi connectivity index (χ0n) is 10.4. The van der Waals surface area contributed by atoms with Gasteiger partial charge in [0.25, 0.3) is 0 Å². The molecular formula is C14H18N2O. The first-order valence-electron chi connectivity index (χ1n) is 5.92. The number of hydrogen-bond acceptors (Lipinski definition) is 3. The molecule has 0 amide bonds. The zero-order chi connectivity index (χ0) is 12.4. The van der Waals surface area contributed by atoms with Crippen LogP contribution in [0.5, 0.6) is 5.75 Å². The number of anilines is 1. The van der Waals surface area contributed by atoms with E-state index in [4.69, 9.17) is 0 Å². The standard InChI is InChI=1S/C14H18N2O/c1-9(2)10(3)16-14-13-8-12(17)5-4-11(13)6-7-15-14/h4-10,17H,1-3H3,(H,15,16). The normalized spacial score (nSPS) is 12.9. The van der Waals surface area contributed by atoms with Gasteiger partial charge in [-0.2, -0.15) is 0 Å². The van der Waals surface area contributed by atoms with Gasteiger partial charge in [-0.25, -0.2) is 4.98 Å². The van der Waals surface area contributed by atoms with E-state index in [1.54, 1.807) is 18.3 Å². The fourth-order valence-electron chi connectivity index (χ4n) is 1.65. The molecule has 0 saturated carbocycles. The van der Waals surface area contributed by atoms with E-state index in [0.717, 1.165) is 16.6 Å². The van der Waals surface area contributed by atoms with Gasteiger partial charge in [-0.05, 0) is 36.4 Å². The third-order valence-electron chi connectivity index (χ3n) is 3.11. The van der Waals surface area contributed by atoms with Gasteiger partial charge in [0.15, 0.2) is 0 Å². The number of aromatic hydroxyl groups is 1. The molecule has 90 valence electrons. The van der Waals surface area contributed by atoms with Crippen molar-refractivity contribution >= 4 is 16.6 Å². The summed E-state index contributed by atoms with van der Waals surface area (Å²) in [4.78, 5) is 4.35. The molecular weight excluding hydrogens is 212 g/mol. The summed E-state index contributed by atoms with van der Waals surface area (Å²) in [5.74, 6) is 1.63. The average molecular weight is 230 g/mol. The van der Waals surface area contributed by atoms with Crippen molar-refractivity contribution in [3.8, 4) is 5.75 Å². The third-order valence-corrected chi connectivity index (χ3v) is 3.11. The van der Waals surface area contributed by atoms with Crippen molar-refractivity contribution in [1.29, 1.82) is 0 Å². The molecule has 1 aromatic heterocycles. The predicted molar refractivity (Wildman–Crippen MR) is 71.3 cm³/mol. The van der Waals surface area contributed by atoms with Gasteiger partial charge in [0, 0.05) is 17.6 Å². The highest BCUT2D eigenvalue weighted by Crippen LogP contribution is 2.26. The van der Waals surface area contributed by atoms with Crippen LogP contribution in [0.3, 0.4) is 0 Å². The number of phenolic OH excluding ortho intramolecular Hbond substituents is 1. The quantitative estimate of drug-likeness (QED) is 0.849. The molecule has 0 bridgehead atoms. The van der Waals surface area contributed by atoms with E-state index in [1.165, 1.54) is 0 Å². The fraction of sp³-hybridized carbons (Fsp3) is 0.357. The molecule has 0 spiro atoms. The second-order valence-electron chi connectivity index (χ2n) is 4.74. The largest absolute Gasteiger partial charge is 0.508 e. The predicted octanol–water partition coefficient (Wildman–Crippen LogP) is 3.40. The molecule has 1 atom stereocenters. The minimum Gasteiger partial charge on any atom is -0.508 e. The van der Waals surface area contributed by atoms with Crippen LogP contribution in [0.2, 0.25) is 0 Å². The van der Waals surface area contributed by atoms with Crippen molar-refractivity contribution in [3.05, 3.63) is 30.5 Å². The highest BCUT2D eigenvalue weighted by atomic mass is 16.3. The number of rotatable bonds is 3. The van der Waals surface area contributed by atoms with E-state index >= 15 is 0 Å². The number of aromatic nitrogens is 1. The number of fused-ring (bicyclic) bond motifs is 1. The number of nitrogens with zero attached hydrogens (tertiary/aromatic N) is 1. The molecule has 0 radical (unpaired) electrons. The molecule has 0 aliphatic carbocycles. The summed E-state index contributed by atoms with van der Waals surface area (Å²) in [6.07, 6.45) is 1.79. The number of phenols is 1. The highest BCUT2D eigenvalue weighted by Gasteiger charge is 2.09. The molecule has 3 heteroatoms. The molecule has 2 N–H and O–H groups in total. The first kappa shape index (κ1) is 11.7. The lowest BCUT2D eigenvalue weighted by Gasteiger charge is -2.19. The van der Waals surface area contributed by atoms with Gasteiger partial charge in [-0.15, -0.1) is 0 Å². The van der Waals surface area contributed by atoms with Crippen molar-refractivity contribution in [1.82, 2.24) is 4.98 Å².